The van der Waals surface area contributed by atoms with Crippen LogP contribution in [0.25, 0.3) is 0 Å². The zero-order valence-corrected chi connectivity index (χ0v) is 20.4. The Labute approximate surface area is 203 Å². The van der Waals surface area contributed by atoms with Crippen LogP contribution in [0.3, 0.4) is 0 Å². The van der Waals surface area contributed by atoms with Gasteiger partial charge in [-0.15, -0.1) is 0 Å². The predicted octanol–water partition coefficient (Wildman–Crippen LogP) is 3.46. The Morgan fingerprint density at radius 2 is 1.71 bits per heavy atom. The summed E-state index contributed by atoms with van der Waals surface area (Å²) in [5, 5.41) is 12.4. The SMILES string of the molecule is CC(C)c1ccc2c(c1)OC1(O)c3ccccc3C(=O)C21C(COC(N)=O)(OC(N)=O)C(C)(C)C. The van der Waals surface area contributed by atoms with Gasteiger partial charge in [-0.3, -0.25) is 4.79 Å². The molecule has 1 heterocycles. The number of rotatable bonds is 5. The molecule has 0 saturated heterocycles. The Balaban J connectivity index is 2.16. The fourth-order valence-electron chi connectivity index (χ4n) is 5.59. The van der Waals surface area contributed by atoms with Crippen molar-refractivity contribution in [3.8, 4) is 5.75 Å². The highest BCUT2D eigenvalue weighted by Gasteiger charge is 2.82. The Morgan fingerprint density at radius 1 is 1.06 bits per heavy atom. The average Bonchev–Trinajstić information content (AvgIpc) is 3.13. The fourth-order valence-corrected chi connectivity index (χ4v) is 5.59. The summed E-state index contributed by atoms with van der Waals surface area (Å²) in [4.78, 5) is 38.6. The second-order valence-corrected chi connectivity index (χ2v) is 10.4. The molecule has 0 aromatic heterocycles. The van der Waals surface area contributed by atoms with Crippen LogP contribution in [0.1, 0.15) is 67.6 Å². The summed E-state index contributed by atoms with van der Waals surface area (Å²) in [7, 11) is 0. The van der Waals surface area contributed by atoms with Crippen LogP contribution in [0.4, 0.5) is 9.59 Å². The maximum Gasteiger partial charge on any atom is 0.405 e. The molecule has 1 aliphatic carbocycles. The summed E-state index contributed by atoms with van der Waals surface area (Å²) in [6.07, 6.45) is -2.37. The maximum atomic E-state index is 14.5. The van der Waals surface area contributed by atoms with Gasteiger partial charge in [-0.05, 0) is 17.5 Å². The lowest BCUT2D eigenvalue weighted by Gasteiger charge is -2.53. The highest BCUT2D eigenvalue weighted by atomic mass is 16.6. The summed E-state index contributed by atoms with van der Waals surface area (Å²) < 4.78 is 17.2. The molecule has 2 aliphatic rings. The monoisotopic (exact) mass is 482 g/mol. The van der Waals surface area contributed by atoms with E-state index in [4.69, 9.17) is 25.7 Å². The highest BCUT2D eigenvalue weighted by molar-refractivity contribution is 6.12. The van der Waals surface area contributed by atoms with Gasteiger partial charge < -0.3 is 30.8 Å². The molecule has 186 valence electrons. The van der Waals surface area contributed by atoms with Gasteiger partial charge in [-0.25, -0.2) is 9.59 Å². The molecule has 9 nitrogen and oxygen atoms in total. The number of Topliss-reactive ketones (excluding diaryl/α,β-unsaturated/α-hetero) is 1. The van der Waals surface area contributed by atoms with Gasteiger partial charge in [0, 0.05) is 22.1 Å². The van der Waals surface area contributed by atoms with E-state index in [2.05, 4.69) is 0 Å². The third-order valence-corrected chi connectivity index (χ3v) is 7.23. The normalized spacial score (nSPS) is 24.1. The van der Waals surface area contributed by atoms with Crippen molar-refractivity contribution in [1.29, 1.82) is 0 Å². The van der Waals surface area contributed by atoms with E-state index in [9.17, 15) is 19.5 Å². The minimum absolute atomic E-state index is 0.130. The van der Waals surface area contributed by atoms with E-state index in [0.29, 0.717) is 0 Å². The summed E-state index contributed by atoms with van der Waals surface area (Å²) in [6.45, 7) is 8.40. The molecule has 1 aliphatic heterocycles. The first-order valence-electron chi connectivity index (χ1n) is 11.3. The molecule has 0 bridgehead atoms. The van der Waals surface area contributed by atoms with Gasteiger partial charge in [0.05, 0.1) is 0 Å². The van der Waals surface area contributed by atoms with Gasteiger partial charge in [0.1, 0.15) is 12.4 Å². The molecule has 2 amide bonds. The summed E-state index contributed by atoms with van der Waals surface area (Å²) >= 11 is 0. The number of hydrogen-bond acceptors (Lipinski definition) is 7. The molecule has 0 saturated carbocycles. The minimum Gasteiger partial charge on any atom is -0.456 e. The number of hydrogen-bond donors (Lipinski definition) is 3. The standard InChI is InChI=1S/C26H30N2O7/c1-14(2)15-10-11-18-19(12-15)34-26(32)17-9-7-6-8-16(17)20(29)25(18,26)24(23(3,4)5,35-22(28)31)13-33-21(27)30/h6-12,14,32H,13H2,1-5H3,(H2,27,30)(H2,28,31). The summed E-state index contributed by atoms with van der Waals surface area (Å²) in [6, 6.07) is 11.7. The number of carbonyl (C=O) groups excluding carboxylic acids is 3. The molecule has 2 aromatic carbocycles. The Kier molecular flexibility index (Phi) is 5.40. The number of carbonyl (C=O) groups is 3. The molecule has 9 heteroatoms. The summed E-state index contributed by atoms with van der Waals surface area (Å²) in [5.41, 5.74) is 7.19. The van der Waals surface area contributed by atoms with E-state index in [1.165, 1.54) is 0 Å². The Morgan fingerprint density at radius 3 is 2.29 bits per heavy atom. The first kappa shape index (κ1) is 24.5. The van der Waals surface area contributed by atoms with Crippen molar-refractivity contribution < 1.29 is 33.7 Å². The van der Waals surface area contributed by atoms with E-state index in [0.717, 1.165) is 5.56 Å². The van der Waals surface area contributed by atoms with Crippen molar-refractivity contribution in [2.45, 2.75) is 57.3 Å². The van der Waals surface area contributed by atoms with Crippen LogP contribution >= 0.6 is 0 Å². The van der Waals surface area contributed by atoms with Gasteiger partial charge >= 0.3 is 12.2 Å². The van der Waals surface area contributed by atoms with Gasteiger partial charge in [-0.1, -0.05) is 71.0 Å². The molecule has 0 spiro atoms. The van der Waals surface area contributed by atoms with E-state index in [1.54, 1.807) is 57.2 Å². The van der Waals surface area contributed by atoms with Gasteiger partial charge in [0.15, 0.2) is 16.8 Å². The second kappa shape index (κ2) is 7.71. The molecular formula is C26H30N2O7. The molecule has 5 N–H and O–H groups in total. The molecule has 4 rings (SSSR count). The minimum atomic E-state index is -2.30. The Hall–Kier alpha value is -3.59. The zero-order valence-electron chi connectivity index (χ0n) is 20.4. The third kappa shape index (κ3) is 3.07. The number of fused-ring (bicyclic) bond motifs is 5. The van der Waals surface area contributed by atoms with Crippen LogP contribution in [0.2, 0.25) is 0 Å². The van der Waals surface area contributed by atoms with E-state index in [1.807, 2.05) is 19.9 Å². The van der Waals surface area contributed by atoms with Crippen molar-refractivity contribution in [2.24, 2.45) is 16.9 Å². The highest BCUT2D eigenvalue weighted by Crippen LogP contribution is 2.67. The maximum absolute atomic E-state index is 14.5. The molecule has 3 atom stereocenters. The van der Waals surface area contributed by atoms with Gasteiger partial charge in [0.2, 0.25) is 0 Å². The smallest absolute Gasteiger partial charge is 0.405 e. The number of primary amides is 2. The first-order valence-corrected chi connectivity index (χ1v) is 11.3. The zero-order chi connectivity index (χ0) is 26.0. The Bertz CT molecular complexity index is 1230. The first-order chi connectivity index (χ1) is 16.2. The number of amides is 2. The fraction of sp³-hybridized carbons (Fsp3) is 0.423. The predicted molar refractivity (Wildman–Crippen MR) is 126 cm³/mol. The van der Waals surface area contributed by atoms with Crippen LogP contribution in [0.5, 0.6) is 5.75 Å². The van der Waals surface area contributed by atoms with E-state index >= 15 is 0 Å². The largest absolute Gasteiger partial charge is 0.456 e. The second-order valence-electron chi connectivity index (χ2n) is 10.4. The van der Waals surface area contributed by atoms with Crippen molar-refractivity contribution in [1.82, 2.24) is 0 Å². The lowest BCUT2D eigenvalue weighted by molar-refractivity contribution is -0.242. The number of nitrogens with two attached hydrogens (primary N) is 2. The van der Waals surface area contributed by atoms with Gasteiger partial charge in [-0.2, -0.15) is 0 Å². The van der Waals surface area contributed by atoms with E-state index in [-0.39, 0.29) is 28.4 Å². The lowest BCUT2D eigenvalue weighted by Crippen LogP contribution is -2.72. The van der Waals surface area contributed by atoms with Crippen molar-refractivity contribution in [3.63, 3.8) is 0 Å². The molecule has 3 unspecified atom stereocenters. The number of benzene rings is 2. The average molecular weight is 483 g/mol. The van der Waals surface area contributed by atoms with Gasteiger partial charge in [0.25, 0.3) is 5.79 Å². The van der Waals surface area contributed by atoms with Crippen LogP contribution in [0.15, 0.2) is 42.5 Å². The van der Waals surface area contributed by atoms with Crippen molar-refractivity contribution >= 4 is 18.0 Å². The third-order valence-electron chi connectivity index (χ3n) is 7.23. The van der Waals surface area contributed by atoms with E-state index < -0.39 is 46.8 Å². The topological polar surface area (TPSA) is 151 Å². The quantitative estimate of drug-likeness (QED) is 0.590. The van der Waals surface area contributed by atoms with Crippen LogP contribution in [-0.2, 0) is 20.7 Å². The number of aliphatic hydroxyl groups is 1. The number of ether oxygens (including phenoxy) is 3. The molecule has 2 aromatic rings. The lowest BCUT2D eigenvalue weighted by atomic mass is 9.54. The van der Waals surface area contributed by atoms with Crippen molar-refractivity contribution in [2.75, 3.05) is 6.61 Å². The van der Waals surface area contributed by atoms with Crippen LogP contribution in [0, 0.1) is 5.41 Å². The summed E-state index contributed by atoms with van der Waals surface area (Å²) in [5.74, 6) is -2.48. The van der Waals surface area contributed by atoms with Crippen molar-refractivity contribution in [3.05, 3.63) is 64.7 Å². The molecule has 35 heavy (non-hydrogen) atoms. The van der Waals surface area contributed by atoms with Crippen LogP contribution < -0.4 is 16.2 Å². The number of ketones is 1. The van der Waals surface area contributed by atoms with Crippen LogP contribution in [-0.4, -0.2) is 35.3 Å². The molecule has 0 fully saturated rings. The molecule has 0 radical (unpaired) electrons. The molecular weight excluding hydrogens is 452 g/mol.